The van der Waals surface area contributed by atoms with Gasteiger partial charge >= 0.3 is 5.97 Å². The summed E-state index contributed by atoms with van der Waals surface area (Å²) in [5.41, 5.74) is 1.16. The molecule has 0 amide bonds. The molecule has 2 heterocycles. The van der Waals surface area contributed by atoms with E-state index in [2.05, 4.69) is 19.8 Å². The maximum Gasteiger partial charge on any atom is 0.356 e. The molecule has 2 aromatic heterocycles. The van der Waals surface area contributed by atoms with Crippen molar-refractivity contribution in [2.75, 3.05) is 7.11 Å². The summed E-state index contributed by atoms with van der Waals surface area (Å²) in [6.07, 6.45) is 1.67. The lowest BCUT2D eigenvalue weighted by atomic mass is 10.3. The first-order chi connectivity index (χ1) is 8.11. The van der Waals surface area contributed by atoms with Crippen molar-refractivity contribution < 1.29 is 9.53 Å². The Bertz CT molecular complexity index is 562. The maximum atomic E-state index is 11.4. The van der Waals surface area contributed by atoms with E-state index in [1.807, 2.05) is 13.0 Å². The number of esters is 1. The van der Waals surface area contributed by atoms with Crippen molar-refractivity contribution in [1.82, 2.24) is 19.7 Å². The topological polar surface area (TPSA) is 69.9 Å². The van der Waals surface area contributed by atoms with Crippen LogP contribution >= 0.6 is 0 Å². The third kappa shape index (κ3) is 2.15. The van der Waals surface area contributed by atoms with Crippen molar-refractivity contribution in [2.24, 2.45) is 0 Å². The number of hydrogen-bond donors (Lipinski definition) is 0. The number of methoxy groups -OCH3 is 1. The predicted octanol–water partition coefficient (Wildman–Crippen LogP) is 1.07. The first kappa shape index (κ1) is 11.3. The maximum absolute atomic E-state index is 11.4. The van der Waals surface area contributed by atoms with Gasteiger partial charge in [0.1, 0.15) is 5.82 Å². The van der Waals surface area contributed by atoms with E-state index in [1.165, 1.54) is 7.11 Å². The molecule has 0 atom stereocenters. The zero-order valence-corrected chi connectivity index (χ0v) is 9.84. The predicted molar refractivity (Wildman–Crippen MR) is 60.0 cm³/mol. The van der Waals surface area contributed by atoms with Crippen LogP contribution in [0.15, 0.2) is 18.3 Å². The van der Waals surface area contributed by atoms with Crippen molar-refractivity contribution in [3.05, 3.63) is 35.5 Å². The van der Waals surface area contributed by atoms with Gasteiger partial charge in [0.2, 0.25) is 0 Å². The lowest BCUT2D eigenvalue weighted by molar-refractivity contribution is 0.0593. The first-order valence-electron chi connectivity index (χ1n) is 5.07. The van der Waals surface area contributed by atoms with Crippen LogP contribution in [0.3, 0.4) is 0 Å². The second-order valence-corrected chi connectivity index (χ2v) is 3.53. The normalized spacial score (nSPS) is 10.3. The Morgan fingerprint density at radius 3 is 2.71 bits per heavy atom. The Morgan fingerprint density at radius 1 is 1.35 bits per heavy atom. The zero-order chi connectivity index (χ0) is 12.4. The molecule has 0 aromatic carbocycles. The Balaban J connectivity index is 2.53. The molecular weight excluding hydrogens is 220 g/mol. The standard InChI is InChI=1S/C11H12N4O2/c1-7-4-5-12-15(7)10-6-9(11(16)17-3)13-8(2)14-10/h4-6H,1-3H3. The summed E-state index contributed by atoms with van der Waals surface area (Å²) in [5, 5.41) is 4.13. The second-order valence-electron chi connectivity index (χ2n) is 3.53. The van der Waals surface area contributed by atoms with Crippen LogP contribution in [-0.2, 0) is 4.74 Å². The van der Waals surface area contributed by atoms with E-state index in [1.54, 1.807) is 23.9 Å². The van der Waals surface area contributed by atoms with E-state index in [4.69, 9.17) is 0 Å². The molecule has 0 spiro atoms. The molecule has 6 nitrogen and oxygen atoms in total. The summed E-state index contributed by atoms with van der Waals surface area (Å²) in [6, 6.07) is 3.41. The number of aryl methyl sites for hydroxylation is 2. The van der Waals surface area contributed by atoms with Gasteiger partial charge in [-0.25, -0.2) is 19.4 Å². The molecule has 0 aliphatic carbocycles. The summed E-state index contributed by atoms with van der Waals surface area (Å²) >= 11 is 0. The molecule has 17 heavy (non-hydrogen) atoms. The highest BCUT2D eigenvalue weighted by molar-refractivity contribution is 5.87. The minimum absolute atomic E-state index is 0.227. The molecule has 0 fully saturated rings. The van der Waals surface area contributed by atoms with Gasteiger partial charge in [-0.3, -0.25) is 0 Å². The largest absolute Gasteiger partial charge is 0.464 e. The molecule has 88 valence electrons. The van der Waals surface area contributed by atoms with Gasteiger partial charge in [0.05, 0.1) is 7.11 Å². The lowest BCUT2D eigenvalue weighted by Gasteiger charge is -2.06. The molecule has 6 heteroatoms. The van der Waals surface area contributed by atoms with E-state index in [0.717, 1.165) is 5.69 Å². The number of ether oxygens (including phenoxy) is 1. The SMILES string of the molecule is COC(=O)c1cc(-n2nccc2C)nc(C)n1. The van der Waals surface area contributed by atoms with E-state index < -0.39 is 5.97 Å². The number of nitrogens with zero attached hydrogens (tertiary/aromatic N) is 4. The Hall–Kier alpha value is -2.24. The van der Waals surface area contributed by atoms with Gasteiger partial charge in [-0.2, -0.15) is 5.10 Å². The highest BCUT2D eigenvalue weighted by atomic mass is 16.5. The average Bonchev–Trinajstić information content (AvgIpc) is 2.73. The van der Waals surface area contributed by atoms with Crippen molar-refractivity contribution in [1.29, 1.82) is 0 Å². The van der Waals surface area contributed by atoms with Crippen molar-refractivity contribution in [3.63, 3.8) is 0 Å². The number of rotatable bonds is 2. The molecule has 2 rings (SSSR count). The smallest absolute Gasteiger partial charge is 0.356 e. The van der Waals surface area contributed by atoms with Crippen LogP contribution in [-0.4, -0.2) is 32.8 Å². The molecular formula is C11H12N4O2. The highest BCUT2D eigenvalue weighted by Gasteiger charge is 2.12. The average molecular weight is 232 g/mol. The van der Waals surface area contributed by atoms with E-state index in [9.17, 15) is 4.79 Å². The third-order valence-corrected chi connectivity index (χ3v) is 2.27. The number of aromatic nitrogens is 4. The zero-order valence-electron chi connectivity index (χ0n) is 9.84. The fraction of sp³-hybridized carbons (Fsp3) is 0.273. The monoisotopic (exact) mass is 232 g/mol. The minimum atomic E-state index is -0.485. The molecule has 0 aliphatic rings. The molecule has 0 unspecified atom stereocenters. The van der Waals surface area contributed by atoms with Gasteiger partial charge in [-0.05, 0) is 19.9 Å². The lowest BCUT2D eigenvalue weighted by Crippen LogP contribution is -2.10. The van der Waals surface area contributed by atoms with E-state index in [0.29, 0.717) is 11.6 Å². The molecule has 0 N–H and O–H groups in total. The summed E-state index contributed by atoms with van der Waals surface area (Å²) < 4.78 is 6.27. The van der Waals surface area contributed by atoms with Gasteiger partial charge in [0, 0.05) is 18.0 Å². The molecule has 0 saturated carbocycles. The van der Waals surface area contributed by atoms with Gasteiger partial charge in [0.25, 0.3) is 0 Å². The van der Waals surface area contributed by atoms with Crippen LogP contribution < -0.4 is 0 Å². The van der Waals surface area contributed by atoms with Crippen LogP contribution in [0.4, 0.5) is 0 Å². The Kier molecular flexibility index (Phi) is 2.86. The van der Waals surface area contributed by atoms with Crippen LogP contribution in [0.5, 0.6) is 0 Å². The first-order valence-corrected chi connectivity index (χ1v) is 5.07. The summed E-state index contributed by atoms with van der Waals surface area (Å²) in [5.74, 6) is 0.569. The van der Waals surface area contributed by atoms with Crippen LogP contribution in [0.25, 0.3) is 5.82 Å². The Labute approximate surface area is 98.3 Å². The van der Waals surface area contributed by atoms with Gasteiger partial charge in [-0.15, -0.1) is 0 Å². The summed E-state index contributed by atoms with van der Waals surface area (Å²) in [7, 11) is 1.32. The van der Waals surface area contributed by atoms with Crippen molar-refractivity contribution in [2.45, 2.75) is 13.8 Å². The minimum Gasteiger partial charge on any atom is -0.464 e. The van der Waals surface area contributed by atoms with Crippen LogP contribution in [0, 0.1) is 13.8 Å². The second kappa shape index (κ2) is 4.32. The Morgan fingerprint density at radius 2 is 2.12 bits per heavy atom. The van der Waals surface area contributed by atoms with Gasteiger partial charge in [0.15, 0.2) is 11.5 Å². The number of carbonyl (C=O) groups is 1. The van der Waals surface area contributed by atoms with E-state index in [-0.39, 0.29) is 5.69 Å². The highest BCUT2D eigenvalue weighted by Crippen LogP contribution is 2.09. The quantitative estimate of drug-likeness (QED) is 0.724. The third-order valence-electron chi connectivity index (χ3n) is 2.27. The van der Waals surface area contributed by atoms with E-state index >= 15 is 0 Å². The number of carbonyl (C=O) groups excluding carboxylic acids is 1. The van der Waals surface area contributed by atoms with Crippen LogP contribution in [0.2, 0.25) is 0 Å². The van der Waals surface area contributed by atoms with Gasteiger partial charge in [-0.1, -0.05) is 0 Å². The fourth-order valence-electron chi connectivity index (χ4n) is 1.48. The van der Waals surface area contributed by atoms with Crippen molar-refractivity contribution in [3.8, 4) is 5.82 Å². The summed E-state index contributed by atoms with van der Waals surface area (Å²) in [6.45, 7) is 3.62. The molecule has 0 aliphatic heterocycles. The van der Waals surface area contributed by atoms with Crippen molar-refractivity contribution >= 4 is 5.97 Å². The molecule has 0 bridgehead atoms. The molecule has 0 radical (unpaired) electrons. The fourth-order valence-corrected chi connectivity index (χ4v) is 1.48. The molecule has 2 aromatic rings. The van der Waals surface area contributed by atoms with Crippen LogP contribution in [0.1, 0.15) is 22.0 Å². The summed E-state index contributed by atoms with van der Waals surface area (Å²) in [4.78, 5) is 19.7. The number of hydrogen-bond acceptors (Lipinski definition) is 5. The molecule has 0 saturated heterocycles. The van der Waals surface area contributed by atoms with Gasteiger partial charge < -0.3 is 4.74 Å².